The van der Waals surface area contributed by atoms with Crippen molar-refractivity contribution in [2.75, 3.05) is 20.2 Å². The van der Waals surface area contributed by atoms with Crippen molar-refractivity contribution in [1.29, 1.82) is 0 Å². The lowest BCUT2D eigenvalue weighted by molar-refractivity contribution is 0.100. The van der Waals surface area contributed by atoms with Crippen LogP contribution in [0.4, 0.5) is 0 Å². The fourth-order valence-corrected chi connectivity index (χ4v) is 1.17. The summed E-state index contributed by atoms with van der Waals surface area (Å²) in [6, 6.07) is 0. The number of nitrogens with zero attached hydrogens (tertiary/aromatic N) is 2. The SMILES string of the molecule is CN1CCON=C1C(C)(C)C. The molecule has 0 N–H and O–H groups in total. The van der Waals surface area contributed by atoms with Crippen molar-refractivity contribution in [2.24, 2.45) is 10.6 Å². The number of hydrogen-bond donors (Lipinski definition) is 0. The van der Waals surface area contributed by atoms with Crippen LogP contribution in [0.5, 0.6) is 0 Å². The zero-order valence-electron chi connectivity index (χ0n) is 7.72. The Labute approximate surface area is 68.0 Å². The highest BCUT2D eigenvalue weighted by Gasteiger charge is 2.25. The molecule has 0 fully saturated rings. The highest BCUT2D eigenvalue weighted by molar-refractivity contribution is 5.86. The molecule has 1 aliphatic heterocycles. The van der Waals surface area contributed by atoms with E-state index in [9.17, 15) is 0 Å². The molecule has 3 heteroatoms. The van der Waals surface area contributed by atoms with E-state index in [2.05, 4.69) is 30.8 Å². The zero-order chi connectivity index (χ0) is 8.48. The van der Waals surface area contributed by atoms with Gasteiger partial charge in [0.25, 0.3) is 0 Å². The fraction of sp³-hybridized carbons (Fsp3) is 0.875. The Morgan fingerprint density at radius 1 is 1.45 bits per heavy atom. The van der Waals surface area contributed by atoms with Crippen LogP contribution in [0.1, 0.15) is 20.8 Å². The summed E-state index contributed by atoms with van der Waals surface area (Å²) in [4.78, 5) is 7.17. The molecule has 3 nitrogen and oxygen atoms in total. The van der Waals surface area contributed by atoms with Gasteiger partial charge in [-0.25, -0.2) is 0 Å². The molecule has 0 saturated heterocycles. The molecular weight excluding hydrogens is 140 g/mol. The monoisotopic (exact) mass is 156 g/mol. The molecule has 1 heterocycles. The maximum Gasteiger partial charge on any atom is 0.149 e. The second-order valence-electron chi connectivity index (χ2n) is 3.92. The lowest BCUT2D eigenvalue weighted by atomic mass is 9.94. The molecule has 0 bridgehead atoms. The summed E-state index contributed by atoms with van der Waals surface area (Å²) in [5.41, 5.74) is 0.0924. The van der Waals surface area contributed by atoms with Gasteiger partial charge in [0.2, 0.25) is 0 Å². The summed E-state index contributed by atoms with van der Waals surface area (Å²) in [6.45, 7) is 8.05. The van der Waals surface area contributed by atoms with E-state index in [-0.39, 0.29) is 5.41 Å². The van der Waals surface area contributed by atoms with E-state index >= 15 is 0 Å². The molecule has 64 valence electrons. The molecule has 1 rings (SSSR count). The first kappa shape index (κ1) is 8.37. The van der Waals surface area contributed by atoms with Crippen molar-refractivity contribution < 1.29 is 4.84 Å². The van der Waals surface area contributed by atoms with Gasteiger partial charge in [0.1, 0.15) is 12.4 Å². The van der Waals surface area contributed by atoms with Gasteiger partial charge in [-0.15, -0.1) is 0 Å². The van der Waals surface area contributed by atoms with Crippen LogP contribution in [-0.2, 0) is 4.84 Å². The lowest BCUT2D eigenvalue weighted by Crippen LogP contribution is -2.41. The van der Waals surface area contributed by atoms with Gasteiger partial charge < -0.3 is 9.74 Å². The van der Waals surface area contributed by atoms with E-state index in [4.69, 9.17) is 4.84 Å². The maximum absolute atomic E-state index is 5.03. The molecule has 1 aliphatic rings. The molecule has 0 unspecified atom stereocenters. The normalized spacial score (nSPS) is 19.3. The van der Waals surface area contributed by atoms with Crippen LogP contribution in [0.2, 0.25) is 0 Å². The highest BCUT2D eigenvalue weighted by atomic mass is 16.6. The molecule has 0 amide bonds. The van der Waals surface area contributed by atoms with Crippen LogP contribution in [-0.4, -0.2) is 30.9 Å². The van der Waals surface area contributed by atoms with Crippen molar-refractivity contribution in [3.8, 4) is 0 Å². The van der Waals surface area contributed by atoms with Crippen LogP contribution >= 0.6 is 0 Å². The average Bonchev–Trinajstić information content (AvgIpc) is 1.86. The summed E-state index contributed by atoms with van der Waals surface area (Å²) in [7, 11) is 2.05. The highest BCUT2D eigenvalue weighted by Crippen LogP contribution is 2.19. The Bertz CT molecular complexity index is 169. The third-order valence-corrected chi connectivity index (χ3v) is 1.70. The second kappa shape index (κ2) is 2.72. The largest absolute Gasteiger partial charge is 0.392 e. The fourth-order valence-electron chi connectivity index (χ4n) is 1.17. The second-order valence-corrected chi connectivity index (χ2v) is 3.92. The van der Waals surface area contributed by atoms with Crippen LogP contribution in [0, 0.1) is 5.41 Å². The third kappa shape index (κ3) is 1.85. The first-order chi connectivity index (χ1) is 5.02. The minimum absolute atomic E-state index is 0.0924. The topological polar surface area (TPSA) is 24.8 Å². The molecule has 0 aromatic rings. The summed E-state index contributed by atoms with van der Waals surface area (Å²) < 4.78 is 0. The summed E-state index contributed by atoms with van der Waals surface area (Å²) in [5, 5.41) is 4.02. The van der Waals surface area contributed by atoms with Gasteiger partial charge in [-0.05, 0) is 0 Å². The molecule has 0 aromatic carbocycles. The Morgan fingerprint density at radius 2 is 2.09 bits per heavy atom. The minimum atomic E-state index is 0.0924. The first-order valence-electron chi connectivity index (χ1n) is 3.93. The molecule has 0 aromatic heterocycles. The van der Waals surface area contributed by atoms with E-state index in [0.717, 1.165) is 12.4 Å². The molecule has 0 saturated carbocycles. The predicted molar refractivity (Wildman–Crippen MR) is 45.5 cm³/mol. The summed E-state index contributed by atoms with van der Waals surface area (Å²) in [6.07, 6.45) is 0. The number of amidine groups is 1. The van der Waals surface area contributed by atoms with Crippen molar-refractivity contribution >= 4 is 5.84 Å². The van der Waals surface area contributed by atoms with Crippen molar-refractivity contribution in [3.63, 3.8) is 0 Å². The first-order valence-corrected chi connectivity index (χ1v) is 3.93. The van der Waals surface area contributed by atoms with E-state index in [1.807, 2.05) is 7.05 Å². The van der Waals surface area contributed by atoms with Gasteiger partial charge in [-0.3, -0.25) is 0 Å². The Morgan fingerprint density at radius 3 is 2.45 bits per heavy atom. The van der Waals surface area contributed by atoms with E-state index in [1.165, 1.54) is 0 Å². The number of hydrogen-bond acceptors (Lipinski definition) is 3. The Hall–Kier alpha value is -0.730. The van der Waals surface area contributed by atoms with Gasteiger partial charge >= 0.3 is 0 Å². The number of likely N-dealkylation sites (N-methyl/N-ethyl adjacent to an activating group) is 1. The van der Waals surface area contributed by atoms with Gasteiger partial charge in [0, 0.05) is 12.5 Å². The van der Waals surface area contributed by atoms with Crippen LogP contribution in [0.3, 0.4) is 0 Å². The van der Waals surface area contributed by atoms with Gasteiger partial charge in [0.05, 0.1) is 6.54 Å². The maximum atomic E-state index is 5.03. The Kier molecular flexibility index (Phi) is 2.07. The van der Waals surface area contributed by atoms with Crippen LogP contribution in [0.25, 0.3) is 0 Å². The third-order valence-electron chi connectivity index (χ3n) is 1.70. The minimum Gasteiger partial charge on any atom is -0.392 e. The number of rotatable bonds is 0. The predicted octanol–water partition coefficient (Wildman–Crippen LogP) is 1.31. The molecule has 11 heavy (non-hydrogen) atoms. The standard InChI is InChI=1S/C8H16N2O/c1-8(2,3)7-9-11-6-5-10(7)4/h5-6H2,1-4H3. The summed E-state index contributed by atoms with van der Waals surface area (Å²) >= 11 is 0. The Balaban J connectivity index is 2.76. The smallest absolute Gasteiger partial charge is 0.149 e. The van der Waals surface area contributed by atoms with Crippen molar-refractivity contribution in [1.82, 2.24) is 4.90 Å². The number of oxime groups is 1. The van der Waals surface area contributed by atoms with Gasteiger partial charge in [-0.1, -0.05) is 25.9 Å². The molecule has 0 radical (unpaired) electrons. The van der Waals surface area contributed by atoms with Crippen LogP contribution < -0.4 is 0 Å². The zero-order valence-corrected chi connectivity index (χ0v) is 7.72. The van der Waals surface area contributed by atoms with Gasteiger partial charge in [-0.2, -0.15) is 0 Å². The quantitative estimate of drug-likeness (QED) is 0.528. The van der Waals surface area contributed by atoms with Crippen molar-refractivity contribution in [3.05, 3.63) is 0 Å². The van der Waals surface area contributed by atoms with Crippen LogP contribution in [0.15, 0.2) is 5.16 Å². The molecular formula is C8H16N2O. The lowest BCUT2D eigenvalue weighted by Gasteiger charge is -2.32. The summed E-state index contributed by atoms with van der Waals surface area (Å²) in [5.74, 6) is 1.03. The van der Waals surface area contributed by atoms with Crippen molar-refractivity contribution in [2.45, 2.75) is 20.8 Å². The molecule has 0 spiro atoms. The molecule has 0 atom stereocenters. The van der Waals surface area contributed by atoms with E-state index in [1.54, 1.807) is 0 Å². The molecule has 0 aliphatic carbocycles. The van der Waals surface area contributed by atoms with Gasteiger partial charge in [0.15, 0.2) is 0 Å². The average molecular weight is 156 g/mol. The van der Waals surface area contributed by atoms with E-state index < -0.39 is 0 Å². The van der Waals surface area contributed by atoms with E-state index in [0.29, 0.717) is 6.61 Å².